The Morgan fingerprint density at radius 2 is 2.40 bits per heavy atom. The summed E-state index contributed by atoms with van der Waals surface area (Å²) in [6.07, 6.45) is 6.06. The number of carboxylic acid groups (broad SMARTS) is 1. The van der Waals surface area contributed by atoms with Crippen LogP contribution in [0.4, 0.5) is 0 Å². The molecule has 0 aliphatic rings. The van der Waals surface area contributed by atoms with Crippen LogP contribution in [0.15, 0.2) is 17.8 Å². The topological polar surface area (TPSA) is 83.7 Å². The lowest BCUT2D eigenvalue weighted by molar-refractivity contribution is -0.141. The van der Waals surface area contributed by atoms with Gasteiger partial charge in [0.15, 0.2) is 4.96 Å². The molecule has 1 atom stereocenters. The Morgan fingerprint density at radius 3 is 3.05 bits per heavy atom. The van der Waals surface area contributed by atoms with Crippen LogP contribution in [-0.2, 0) is 16.0 Å². The lowest BCUT2D eigenvalue weighted by Crippen LogP contribution is -2.41. The average Bonchev–Trinajstić information content (AvgIpc) is 2.94. The van der Waals surface area contributed by atoms with E-state index in [1.54, 1.807) is 18.0 Å². The minimum Gasteiger partial charge on any atom is -0.480 e. The van der Waals surface area contributed by atoms with Crippen LogP contribution in [0.5, 0.6) is 0 Å². The standard InChI is InChI=1S/C12H15N3O3S2/c1-19-4-2-9(11(17)18)14-10(16)6-8-7-15-3-5-20-12(15)13-8/h3,5,7,9H,2,4,6H2,1H3,(H,14,16)(H,17,18)/t9-/m1/s1. The van der Waals surface area contributed by atoms with Gasteiger partial charge in [-0.05, 0) is 18.4 Å². The molecule has 0 aliphatic heterocycles. The van der Waals surface area contributed by atoms with Gasteiger partial charge in [-0.1, -0.05) is 0 Å². The highest BCUT2D eigenvalue weighted by Gasteiger charge is 2.20. The summed E-state index contributed by atoms with van der Waals surface area (Å²) in [5, 5.41) is 13.5. The van der Waals surface area contributed by atoms with Gasteiger partial charge in [0.2, 0.25) is 5.91 Å². The third-order valence-electron chi connectivity index (χ3n) is 2.73. The quantitative estimate of drug-likeness (QED) is 0.804. The Labute approximate surface area is 124 Å². The number of nitrogens with one attached hydrogen (secondary N) is 1. The van der Waals surface area contributed by atoms with Gasteiger partial charge in [0.25, 0.3) is 0 Å². The van der Waals surface area contributed by atoms with Crippen LogP contribution in [0, 0.1) is 0 Å². The number of rotatable bonds is 7. The van der Waals surface area contributed by atoms with Crippen LogP contribution in [-0.4, -0.2) is 44.4 Å². The molecular weight excluding hydrogens is 298 g/mol. The summed E-state index contributed by atoms with van der Waals surface area (Å²) in [4.78, 5) is 28.0. The van der Waals surface area contributed by atoms with Crippen molar-refractivity contribution in [2.75, 3.05) is 12.0 Å². The maximum atomic E-state index is 11.9. The van der Waals surface area contributed by atoms with Gasteiger partial charge < -0.3 is 10.4 Å². The molecule has 0 aliphatic carbocycles. The van der Waals surface area contributed by atoms with E-state index in [0.717, 1.165) is 4.96 Å². The number of hydrogen-bond donors (Lipinski definition) is 2. The first-order chi connectivity index (χ1) is 9.60. The molecular formula is C12H15N3O3S2. The number of imidazole rings is 1. The number of amides is 1. The van der Waals surface area contributed by atoms with Crippen LogP contribution in [0.3, 0.4) is 0 Å². The van der Waals surface area contributed by atoms with Crippen molar-refractivity contribution >= 4 is 39.9 Å². The summed E-state index contributed by atoms with van der Waals surface area (Å²) in [5.41, 5.74) is 0.642. The highest BCUT2D eigenvalue weighted by atomic mass is 32.2. The summed E-state index contributed by atoms with van der Waals surface area (Å²) < 4.78 is 1.84. The molecule has 2 heterocycles. The Balaban J connectivity index is 1.93. The van der Waals surface area contributed by atoms with E-state index in [2.05, 4.69) is 10.3 Å². The summed E-state index contributed by atoms with van der Waals surface area (Å²) in [7, 11) is 0. The third-order valence-corrected chi connectivity index (χ3v) is 4.14. The first kappa shape index (κ1) is 14.9. The molecule has 0 unspecified atom stereocenters. The zero-order valence-corrected chi connectivity index (χ0v) is 12.5. The largest absolute Gasteiger partial charge is 0.480 e. The fourth-order valence-electron chi connectivity index (χ4n) is 1.76. The van der Waals surface area contributed by atoms with E-state index in [1.807, 2.05) is 22.2 Å². The number of thiazole rings is 1. The zero-order valence-electron chi connectivity index (χ0n) is 10.9. The number of nitrogens with zero attached hydrogens (tertiary/aromatic N) is 2. The molecule has 1 amide bonds. The molecule has 0 aromatic carbocycles. The Morgan fingerprint density at radius 1 is 1.60 bits per heavy atom. The second-order valence-electron chi connectivity index (χ2n) is 4.24. The number of carbonyl (C=O) groups excluding carboxylic acids is 1. The molecule has 0 saturated carbocycles. The molecule has 6 nitrogen and oxygen atoms in total. The number of aromatic nitrogens is 2. The molecule has 2 N–H and O–H groups in total. The molecule has 2 rings (SSSR count). The van der Waals surface area contributed by atoms with Crippen LogP contribution in [0.25, 0.3) is 4.96 Å². The van der Waals surface area contributed by atoms with Crippen molar-refractivity contribution in [3.63, 3.8) is 0 Å². The van der Waals surface area contributed by atoms with Gasteiger partial charge in [0.1, 0.15) is 6.04 Å². The van der Waals surface area contributed by atoms with E-state index >= 15 is 0 Å². The normalized spacial score (nSPS) is 12.4. The van der Waals surface area contributed by atoms with E-state index in [-0.39, 0.29) is 12.3 Å². The van der Waals surface area contributed by atoms with Gasteiger partial charge >= 0.3 is 5.97 Å². The van der Waals surface area contributed by atoms with Gasteiger partial charge in [-0.15, -0.1) is 11.3 Å². The van der Waals surface area contributed by atoms with E-state index < -0.39 is 12.0 Å². The molecule has 0 bridgehead atoms. The van der Waals surface area contributed by atoms with Crippen molar-refractivity contribution in [2.24, 2.45) is 0 Å². The van der Waals surface area contributed by atoms with Crippen molar-refractivity contribution in [3.05, 3.63) is 23.5 Å². The summed E-state index contributed by atoms with van der Waals surface area (Å²) in [5.74, 6) is -0.625. The molecule has 0 fully saturated rings. The lowest BCUT2D eigenvalue weighted by Gasteiger charge is -2.13. The van der Waals surface area contributed by atoms with Crippen molar-refractivity contribution in [1.82, 2.24) is 14.7 Å². The molecule has 8 heteroatoms. The summed E-state index contributed by atoms with van der Waals surface area (Å²) in [6, 6.07) is -0.835. The maximum absolute atomic E-state index is 11.9. The van der Waals surface area contributed by atoms with Gasteiger partial charge in [0, 0.05) is 17.8 Å². The highest BCUT2D eigenvalue weighted by Crippen LogP contribution is 2.11. The van der Waals surface area contributed by atoms with Gasteiger partial charge in [0.05, 0.1) is 12.1 Å². The van der Waals surface area contributed by atoms with Gasteiger partial charge in [-0.25, -0.2) is 9.78 Å². The van der Waals surface area contributed by atoms with Crippen LogP contribution in [0.2, 0.25) is 0 Å². The third kappa shape index (κ3) is 3.73. The van der Waals surface area contributed by atoms with E-state index in [9.17, 15) is 9.59 Å². The van der Waals surface area contributed by atoms with Crippen LogP contribution < -0.4 is 5.32 Å². The Kier molecular flexibility index (Phi) is 5.02. The molecule has 0 radical (unpaired) electrons. The Bertz CT molecular complexity index is 579. The first-order valence-corrected chi connectivity index (χ1v) is 8.29. The van der Waals surface area contributed by atoms with Crippen molar-refractivity contribution < 1.29 is 14.7 Å². The molecule has 108 valence electrons. The second kappa shape index (κ2) is 6.76. The van der Waals surface area contributed by atoms with E-state index in [4.69, 9.17) is 5.11 Å². The average molecular weight is 313 g/mol. The number of carbonyl (C=O) groups is 2. The number of fused-ring (bicyclic) bond motifs is 1. The minimum absolute atomic E-state index is 0.0947. The van der Waals surface area contributed by atoms with Crippen molar-refractivity contribution in [1.29, 1.82) is 0 Å². The summed E-state index contributed by atoms with van der Waals surface area (Å²) in [6.45, 7) is 0. The molecule has 2 aromatic heterocycles. The van der Waals surface area contributed by atoms with E-state index in [1.165, 1.54) is 11.3 Å². The maximum Gasteiger partial charge on any atom is 0.326 e. The number of aliphatic carboxylic acids is 1. The molecule has 20 heavy (non-hydrogen) atoms. The predicted molar refractivity (Wildman–Crippen MR) is 79.3 cm³/mol. The predicted octanol–water partition coefficient (Wildman–Crippen LogP) is 1.26. The molecule has 2 aromatic rings. The monoisotopic (exact) mass is 313 g/mol. The molecule has 0 saturated heterocycles. The smallest absolute Gasteiger partial charge is 0.326 e. The number of carboxylic acids is 1. The first-order valence-electron chi connectivity index (χ1n) is 6.02. The Hall–Kier alpha value is -1.54. The zero-order chi connectivity index (χ0) is 14.5. The van der Waals surface area contributed by atoms with E-state index in [0.29, 0.717) is 17.9 Å². The van der Waals surface area contributed by atoms with Crippen molar-refractivity contribution in [3.8, 4) is 0 Å². The van der Waals surface area contributed by atoms with Crippen LogP contribution >= 0.6 is 23.1 Å². The SMILES string of the molecule is CSCC[C@@H](NC(=O)Cc1cn2ccsc2n1)C(=O)O. The van der Waals surface area contributed by atoms with Gasteiger partial charge in [-0.2, -0.15) is 11.8 Å². The number of hydrogen-bond acceptors (Lipinski definition) is 5. The summed E-state index contributed by atoms with van der Waals surface area (Å²) >= 11 is 3.04. The minimum atomic E-state index is -1.00. The van der Waals surface area contributed by atoms with Crippen LogP contribution in [0.1, 0.15) is 12.1 Å². The van der Waals surface area contributed by atoms with Crippen molar-refractivity contribution in [2.45, 2.75) is 18.9 Å². The molecule has 0 spiro atoms. The second-order valence-corrected chi connectivity index (χ2v) is 6.10. The van der Waals surface area contributed by atoms with Gasteiger partial charge in [-0.3, -0.25) is 9.20 Å². The number of thioether (sulfide) groups is 1. The fraction of sp³-hybridized carbons (Fsp3) is 0.417. The lowest BCUT2D eigenvalue weighted by atomic mass is 10.2. The fourth-order valence-corrected chi connectivity index (χ4v) is 2.95. The highest BCUT2D eigenvalue weighted by molar-refractivity contribution is 7.98.